The Balaban J connectivity index is 1.50. The Kier molecular flexibility index (Phi) is 4.48. The number of hydrogen-bond acceptors (Lipinski definition) is 6. The highest BCUT2D eigenvalue weighted by molar-refractivity contribution is 7.99. The van der Waals surface area contributed by atoms with Crippen LogP contribution in [0.5, 0.6) is 0 Å². The van der Waals surface area contributed by atoms with E-state index in [1.54, 1.807) is 12.4 Å². The summed E-state index contributed by atoms with van der Waals surface area (Å²) in [6.07, 6.45) is 1.58. The van der Waals surface area contributed by atoms with Gasteiger partial charge in [-0.1, -0.05) is 0 Å². The van der Waals surface area contributed by atoms with Crippen molar-refractivity contribution in [2.45, 2.75) is 13.5 Å². The van der Waals surface area contributed by atoms with Crippen molar-refractivity contribution in [3.63, 3.8) is 0 Å². The molecule has 1 aliphatic rings. The number of nitrogens with one attached hydrogen (secondary N) is 1. The molecule has 1 N–H and O–H groups in total. The first kappa shape index (κ1) is 16.2. The van der Waals surface area contributed by atoms with Crippen molar-refractivity contribution < 1.29 is 8.81 Å². The quantitative estimate of drug-likeness (QED) is 0.765. The van der Waals surface area contributed by atoms with Crippen LogP contribution >= 0.6 is 11.8 Å². The molecule has 3 heterocycles. The van der Waals surface area contributed by atoms with Crippen LogP contribution in [-0.4, -0.2) is 34.6 Å². The number of fused-ring (bicyclic) bond motifs is 1. The van der Waals surface area contributed by atoms with Gasteiger partial charge in [0.25, 0.3) is 0 Å². The van der Waals surface area contributed by atoms with Gasteiger partial charge < -0.3 is 14.6 Å². The Bertz CT molecular complexity index is 892. The van der Waals surface area contributed by atoms with Crippen molar-refractivity contribution in [3.8, 4) is 0 Å². The number of halogens is 1. The lowest BCUT2D eigenvalue weighted by Crippen LogP contribution is -2.33. The minimum Gasteiger partial charge on any atom is -0.459 e. The van der Waals surface area contributed by atoms with E-state index >= 15 is 0 Å². The molecule has 2 aromatic heterocycles. The van der Waals surface area contributed by atoms with Crippen molar-refractivity contribution in [1.29, 1.82) is 0 Å². The van der Waals surface area contributed by atoms with E-state index < -0.39 is 0 Å². The van der Waals surface area contributed by atoms with E-state index in [0.29, 0.717) is 12.1 Å². The van der Waals surface area contributed by atoms with E-state index in [4.69, 9.17) is 4.42 Å². The number of aryl methyl sites for hydroxylation is 1. The molecule has 1 aliphatic heterocycles. The maximum absolute atomic E-state index is 13.4. The van der Waals surface area contributed by atoms with Gasteiger partial charge in [0.05, 0.1) is 6.54 Å². The predicted octanol–water partition coefficient (Wildman–Crippen LogP) is 3.84. The number of aromatic nitrogens is 2. The van der Waals surface area contributed by atoms with E-state index in [1.807, 2.05) is 24.8 Å². The fourth-order valence-electron chi connectivity index (χ4n) is 2.99. The molecule has 3 aromatic rings. The number of rotatable bonds is 4. The van der Waals surface area contributed by atoms with Crippen molar-refractivity contribution in [2.75, 3.05) is 34.8 Å². The smallest absolute Gasteiger partial charge is 0.134 e. The lowest BCUT2D eigenvalue weighted by Gasteiger charge is -2.27. The van der Waals surface area contributed by atoms with Gasteiger partial charge in [0.1, 0.15) is 35.1 Å². The van der Waals surface area contributed by atoms with Crippen molar-refractivity contribution >= 4 is 34.4 Å². The van der Waals surface area contributed by atoms with Crippen LogP contribution in [0.1, 0.15) is 11.3 Å². The van der Waals surface area contributed by atoms with Gasteiger partial charge in [0.15, 0.2) is 0 Å². The summed E-state index contributed by atoms with van der Waals surface area (Å²) < 4.78 is 19.3. The van der Waals surface area contributed by atoms with Crippen molar-refractivity contribution in [3.05, 3.63) is 47.7 Å². The predicted molar refractivity (Wildman–Crippen MR) is 99.8 cm³/mol. The summed E-state index contributed by atoms with van der Waals surface area (Å²) in [6.45, 7) is 4.46. The Morgan fingerprint density at radius 3 is 2.92 bits per heavy atom. The number of anilines is 2. The largest absolute Gasteiger partial charge is 0.459 e. The van der Waals surface area contributed by atoms with E-state index in [2.05, 4.69) is 20.2 Å². The molecule has 0 atom stereocenters. The van der Waals surface area contributed by atoms with Crippen LogP contribution < -0.4 is 10.2 Å². The lowest BCUT2D eigenvalue weighted by atomic mass is 10.1. The van der Waals surface area contributed by atoms with Gasteiger partial charge in [0, 0.05) is 41.6 Å². The zero-order valence-electron chi connectivity index (χ0n) is 14.0. The Hall–Kier alpha value is -2.28. The molecule has 1 fully saturated rings. The molecule has 0 saturated carbocycles. The fraction of sp³-hybridized carbons (Fsp3) is 0.333. The number of benzene rings is 1. The molecule has 130 valence electrons. The van der Waals surface area contributed by atoms with Gasteiger partial charge in [-0.2, -0.15) is 11.8 Å². The average Bonchev–Trinajstić information content (AvgIpc) is 2.96. The highest BCUT2D eigenvalue weighted by Crippen LogP contribution is 2.27. The molecular weight excluding hydrogens is 339 g/mol. The van der Waals surface area contributed by atoms with Gasteiger partial charge >= 0.3 is 0 Å². The average molecular weight is 358 g/mol. The fourth-order valence-corrected chi connectivity index (χ4v) is 3.90. The van der Waals surface area contributed by atoms with Crippen LogP contribution in [-0.2, 0) is 6.54 Å². The maximum atomic E-state index is 13.4. The summed E-state index contributed by atoms with van der Waals surface area (Å²) in [5, 5.41) is 4.10. The minimum absolute atomic E-state index is 0.254. The molecule has 0 bridgehead atoms. The van der Waals surface area contributed by atoms with Crippen LogP contribution in [0.25, 0.3) is 11.0 Å². The molecule has 5 nitrogen and oxygen atoms in total. The molecular formula is C18H19FN4OS. The minimum atomic E-state index is -0.254. The van der Waals surface area contributed by atoms with Gasteiger partial charge in [-0.3, -0.25) is 0 Å². The zero-order valence-corrected chi connectivity index (χ0v) is 14.8. The van der Waals surface area contributed by atoms with Gasteiger partial charge in [-0.25, -0.2) is 14.4 Å². The molecule has 0 aliphatic carbocycles. The first-order chi connectivity index (χ1) is 12.2. The number of nitrogens with zero attached hydrogens (tertiary/aromatic N) is 3. The molecule has 0 amide bonds. The molecule has 0 unspecified atom stereocenters. The first-order valence-electron chi connectivity index (χ1n) is 8.27. The summed E-state index contributed by atoms with van der Waals surface area (Å²) in [6, 6.07) is 6.55. The standard InChI is InChI=1S/C18H19FN4OS/c1-12-14-8-13(19)2-3-15(14)24-16(12)10-20-17-9-18(22-11-21-17)23-4-6-25-7-5-23/h2-3,8-9,11H,4-7,10H2,1H3,(H,20,21,22). The molecule has 7 heteroatoms. The second-order valence-electron chi connectivity index (χ2n) is 6.01. The summed E-state index contributed by atoms with van der Waals surface area (Å²) in [5.41, 5.74) is 1.65. The molecule has 1 aromatic carbocycles. The highest BCUT2D eigenvalue weighted by Gasteiger charge is 2.14. The zero-order chi connectivity index (χ0) is 17.2. The highest BCUT2D eigenvalue weighted by atomic mass is 32.2. The Morgan fingerprint density at radius 1 is 1.24 bits per heavy atom. The molecule has 4 rings (SSSR count). The van der Waals surface area contributed by atoms with Crippen LogP contribution in [0, 0.1) is 12.7 Å². The second kappa shape index (κ2) is 6.92. The Morgan fingerprint density at radius 2 is 2.08 bits per heavy atom. The number of hydrogen-bond donors (Lipinski definition) is 1. The molecule has 25 heavy (non-hydrogen) atoms. The van der Waals surface area contributed by atoms with E-state index in [9.17, 15) is 4.39 Å². The van der Waals surface area contributed by atoms with Crippen LogP contribution in [0.4, 0.5) is 16.0 Å². The summed E-state index contributed by atoms with van der Waals surface area (Å²) in [4.78, 5) is 10.9. The molecule has 1 saturated heterocycles. The monoisotopic (exact) mass is 358 g/mol. The number of thioether (sulfide) groups is 1. The lowest BCUT2D eigenvalue weighted by molar-refractivity contribution is 0.554. The van der Waals surface area contributed by atoms with Crippen LogP contribution in [0.3, 0.4) is 0 Å². The topological polar surface area (TPSA) is 54.2 Å². The molecule has 0 spiro atoms. The van der Waals surface area contributed by atoms with E-state index in [1.165, 1.54) is 12.1 Å². The van der Waals surface area contributed by atoms with Crippen molar-refractivity contribution in [1.82, 2.24) is 9.97 Å². The third-order valence-corrected chi connectivity index (χ3v) is 5.36. The summed E-state index contributed by atoms with van der Waals surface area (Å²) in [7, 11) is 0. The summed E-state index contributed by atoms with van der Waals surface area (Å²) >= 11 is 1.97. The van der Waals surface area contributed by atoms with E-state index in [0.717, 1.165) is 52.9 Å². The second-order valence-corrected chi connectivity index (χ2v) is 7.23. The molecule has 0 radical (unpaired) electrons. The third-order valence-electron chi connectivity index (χ3n) is 4.41. The van der Waals surface area contributed by atoms with Gasteiger partial charge in [-0.05, 0) is 25.1 Å². The Labute approximate surface area is 149 Å². The SMILES string of the molecule is Cc1c(CNc2cc(N3CCSCC3)ncn2)oc2ccc(F)cc12. The van der Waals surface area contributed by atoms with Gasteiger partial charge in [0.2, 0.25) is 0 Å². The van der Waals surface area contributed by atoms with Crippen LogP contribution in [0.2, 0.25) is 0 Å². The maximum Gasteiger partial charge on any atom is 0.134 e. The number of furan rings is 1. The summed E-state index contributed by atoms with van der Waals surface area (Å²) in [5.74, 6) is 4.49. The van der Waals surface area contributed by atoms with E-state index in [-0.39, 0.29) is 5.82 Å². The van der Waals surface area contributed by atoms with Crippen molar-refractivity contribution in [2.24, 2.45) is 0 Å². The van der Waals surface area contributed by atoms with Crippen LogP contribution in [0.15, 0.2) is 35.0 Å². The normalized spacial score (nSPS) is 14.9. The van der Waals surface area contributed by atoms with Gasteiger partial charge in [-0.15, -0.1) is 0 Å². The first-order valence-corrected chi connectivity index (χ1v) is 9.42. The third kappa shape index (κ3) is 3.42.